The summed E-state index contributed by atoms with van der Waals surface area (Å²) < 4.78 is 0. The molecule has 0 saturated heterocycles. The zero-order chi connectivity index (χ0) is 12.8. The van der Waals surface area contributed by atoms with Gasteiger partial charge in [-0.2, -0.15) is 0 Å². The lowest BCUT2D eigenvalue weighted by Crippen LogP contribution is -2.41. The topological polar surface area (TPSA) is 49.3 Å². The van der Waals surface area contributed by atoms with Crippen LogP contribution in [0.25, 0.3) is 6.08 Å². The van der Waals surface area contributed by atoms with E-state index in [4.69, 9.17) is 0 Å². The van der Waals surface area contributed by atoms with Gasteiger partial charge in [0.15, 0.2) is 0 Å². The van der Waals surface area contributed by atoms with Crippen molar-refractivity contribution in [3.8, 4) is 0 Å². The lowest BCUT2D eigenvalue weighted by Gasteiger charge is -2.20. The number of amides is 1. The molecule has 1 aromatic heterocycles. The van der Waals surface area contributed by atoms with Crippen LogP contribution in [0.4, 0.5) is 0 Å². The van der Waals surface area contributed by atoms with Crippen molar-refractivity contribution in [2.24, 2.45) is 0 Å². The molecule has 1 heterocycles. The predicted molar refractivity (Wildman–Crippen MR) is 74.4 cm³/mol. The lowest BCUT2D eigenvalue weighted by molar-refractivity contribution is -0.118. The molecule has 0 radical (unpaired) electrons. The second-order valence-electron chi connectivity index (χ2n) is 4.67. The summed E-state index contributed by atoms with van der Waals surface area (Å²) in [6, 6.07) is 3.83. The quantitative estimate of drug-likeness (QED) is 0.652. The first kappa shape index (κ1) is 13.3. The van der Waals surface area contributed by atoms with Crippen LogP contribution in [0.2, 0.25) is 0 Å². The number of hydrogen-bond acceptors (Lipinski definition) is 3. The van der Waals surface area contributed by atoms with E-state index in [-0.39, 0.29) is 11.9 Å². The standard InChI is InChI=1S/C14H19NO2S/c16-13-7-3-1-2-6-12(13)15-14(17)9-8-11-5-4-10-18-11/h4-5,8-10,12-13,16H,1-3,6-7H2,(H,15,17)/b9-8+. The van der Waals surface area contributed by atoms with E-state index in [9.17, 15) is 9.90 Å². The molecule has 2 unspecified atom stereocenters. The van der Waals surface area contributed by atoms with Crippen molar-refractivity contribution in [3.63, 3.8) is 0 Å². The summed E-state index contributed by atoms with van der Waals surface area (Å²) in [6.07, 6.45) is 7.90. The van der Waals surface area contributed by atoms with Crippen LogP contribution in [0, 0.1) is 0 Å². The Morgan fingerprint density at radius 1 is 1.39 bits per heavy atom. The predicted octanol–water partition coefficient (Wildman–Crippen LogP) is 2.57. The first-order valence-corrected chi connectivity index (χ1v) is 7.34. The molecule has 0 bridgehead atoms. The average Bonchev–Trinajstić information content (AvgIpc) is 2.80. The van der Waals surface area contributed by atoms with Crippen LogP contribution in [-0.4, -0.2) is 23.2 Å². The summed E-state index contributed by atoms with van der Waals surface area (Å²) in [5.74, 6) is -0.116. The molecule has 2 rings (SSSR count). The van der Waals surface area contributed by atoms with Gasteiger partial charge in [0.1, 0.15) is 0 Å². The Kier molecular flexibility index (Phi) is 4.96. The van der Waals surface area contributed by atoms with Crippen molar-refractivity contribution < 1.29 is 9.90 Å². The first-order chi connectivity index (χ1) is 8.75. The van der Waals surface area contributed by atoms with Gasteiger partial charge < -0.3 is 10.4 Å². The van der Waals surface area contributed by atoms with Crippen LogP contribution in [0.15, 0.2) is 23.6 Å². The van der Waals surface area contributed by atoms with Crippen LogP contribution >= 0.6 is 11.3 Å². The lowest BCUT2D eigenvalue weighted by atomic mass is 10.1. The molecule has 98 valence electrons. The van der Waals surface area contributed by atoms with E-state index in [1.54, 1.807) is 17.4 Å². The van der Waals surface area contributed by atoms with Gasteiger partial charge in [-0.25, -0.2) is 0 Å². The van der Waals surface area contributed by atoms with Gasteiger partial charge in [-0.15, -0.1) is 11.3 Å². The molecular weight excluding hydrogens is 246 g/mol. The number of carbonyl (C=O) groups excluding carboxylic acids is 1. The maximum Gasteiger partial charge on any atom is 0.244 e. The number of carbonyl (C=O) groups is 1. The Morgan fingerprint density at radius 3 is 3.00 bits per heavy atom. The van der Waals surface area contributed by atoms with Crippen molar-refractivity contribution >= 4 is 23.3 Å². The van der Waals surface area contributed by atoms with Crippen LogP contribution in [0.1, 0.15) is 37.0 Å². The van der Waals surface area contributed by atoms with Crippen molar-refractivity contribution in [2.75, 3.05) is 0 Å². The molecule has 1 aliphatic carbocycles. The fraction of sp³-hybridized carbons (Fsp3) is 0.500. The molecule has 4 heteroatoms. The number of aliphatic hydroxyl groups is 1. The monoisotopic (exact) mass is 265 g/mol. The normalized spacial score (nSPS) is 24.9. The molecule has 1 amide bonds. The summed E-state index contributed by atoms with van der Waals surface area (Å²) in [5.41, 5.74) is 0. The molecule has 3 nitrogen and oxygen atoms in total. The van der Waals surface area contributed by atoms with E-state index in [1.165, 1.54) is 0 Å². The van der Waals surface area contributed by atoms with Crippen molar-refractivity contribution in [3.05, 3.63) is 28.5 Å². The molecule has 1 aliphatic rings. The van der Waals surface area contributed by atoms with E-state index in [0.717, 1.165) is 37.0 Å². The minimum atomic E-state index is -0.397. The second-order valence-corrected chi connectivity index (χ2v) is 5.65. The van der Waals surface area contributed by atoms with Gasteiger partial charge >= 0.3 is 0 Å². The molecular formula is C14H19NO2S. The highest BCUT2D eigenvalue weighted by Gasteiger charge is 2.22. The van der Waals surface area contributed by atoms with E-state index in [1.807, 2.05) is 23.6 Å². The molecule has 0 spiro atoms. The summed E-state index contributed by atoms with van der Waals surface area (Å²) in [5, 5.41) is 14.8. The van der Waals surface area contributed by atoms with Crippen LogP contribution < -0.4 is 5.32 Å². The molecule has 0 aliphatic heterocycles. The Hall–Kier alpha value is -1.13. The first-order valence-electron chi connectivity index (χ1n) is 6.46. The van der Waals surface area contributed by atoms with Crippen molar-refractivity contribution in [1.29, 1.82) is 0 Å². The van der Waals surface area contributed by atoms with Gasteiger partial charge in [0, 0.05) is 11.0 Å². The Labute approximate surface area is 112 Å². The highest BCUT2D eigenvalue weighted by Crippen LogP contribution is 2.18. The minimum Gasteiger partial charge on any atom is -0.391 e. The maximum absolute atomic E-state index is 11.8. The largest absolute Gasteiger partial charge is 0.391 e. The zero-order valence-electron chi connectivity index (χ0n) is 10.3. The van der Waals surface area contributed by atoms with Crippen molar-refractivity contribution in [2.45, 2.75) is 44.2 Å². The molecule has 0 aromatic carbocycles. The van der Waals surface area contributed by atoms with Gasteiger partial charge in [-0.1, -0.05) is 25.3 Å². The number of rotatable bonds is 3. The fourth-order valence-corrected chi connectivity index (χ4v) is 2.85. The molecule has 1 aromatic rings. The summed E-state index contributed by atoms with van der Waals surface area (Å²) in [4.78, 5) is 12.8. The molecule has 18 heavy (non-hydrogen) atoms. The number of hydrogen-bond donors (Lipinski definition) is 2. The van der Waals surface area contributed by atoms with E-state index >= 15 is 0 Å². The SMILES string of the molecule is O=C(/C=C/c1cccs1)NC1CCCCCC1O. The number of nitrogens with one attached hydrogen (secondary N) is 1. The third-order valence-corrected chi connectivity index (χ3v) is 4.09. The van der Waals surface area contributed by atoms with Gasteiger partial charge in [0.25, 0.3) is 0 Å². The Morgan fingerprint density at radius 2 is 2.22 bits per heavy atom. The summed E-state index contributed by atoms with van der Waals surface area (Å²) in [7, 11) is 0. The van der Waals surface area contributed by atoms with E-state index in [0.29, 0.717) is 0 Å². The fourth-order valence-electron chi connectivity index (χ4n) is 2.23. The van der Waals surface area contributed by atoms with Crippen LogP contribution in [-0.2, 0) is 4.79 Å². The zero-order valence-corrected chi connectivity index (χ0v) is 11.2. The van der Waals surface area contributed by atoms with Crippen LogP contribution in [0.5, 0.6) is 0 Å². The summed E-state index contributed by atoms with van der Waals surface area (Å²) in [6.45, 7) is 0. The summed E-state index contributed by atoms with van der Waals surface area (Å²) >= 11 is 1.60. The molecule has 2 atom stereocenters. The van der Waals surface area contributed by atoms with Gasteiger partial charge in [-0.3, -0.25) is 4.79 Å². The third kappa shape index (κ3) is 3.96. The highest BCUT2D eigenvalue weighted by atomic mass is 32.1. The Bertz CT molecular complexity index is 400. The highest BCUT2D eigenvalue weighted by molar-refractivity contribution is 7.10. The van der Waals surface area contributed by atoms with Gasteiger partial charge in [-0.05, 0) is 30.4 Å². The molecule has 2 N–H and O–H groups in total. The number of aliphatic hydroxyl groups excluding tert-OH is 1. The minimum absolute atomic E-state index is 0.0898. The van der Waals surface area contributed by atoms with Crippen molar-refractivity contribution in [1.82, 2.24) is 5.32 Å². The molecule has 1 fully saturated rings. The third-order valence-electron chi connectivity index (χ3n) is 3.25. The van der Waals surface area contributed by atoms with Gasteiger partial charge in [0.2, 0.25) is 5.91 Å². The maximum atomic E-state index is 11.8. The van der Waals surface area contributed by atoms with E-state index in [2.05, 4.69) is 5.32 Å². The smallest absolute Gasteiger partial charge is 0.244 e. The average molecular weight is 265 g/mol. The van der Waals surface area contributed by atoms with Gasteiger partial charge in [0.05, 0.1) is 12.1 Å². The van der Waals surface area contributed by atoms with Crippen LogP contribution in [0.3, 0.4) is 0 Å². The number of thiophene rings is 1. The second kappa shape index (κ2) is 6.71. The molecule has 1 saturated carbocycles. The Balaban J connectivity index is 1.86. The van der Waals surface area contributed by atoms with E-state index < -0.39 is 6.10 Å².